The average Bonchev–Trinajstić information content (AvgIpc) is 2.72. The van der Waals surface area contributed by atoms with Crippen LogP contribution in [0.15, 0.2) is 53.4 Å². The molecule has 6 nitrogen and oxygen atoms in total. The van der Waals surface area contributed by atoms with Crippen molar-refractivity contribution in [2.75, 3.05) is 14.2 Å². The van der Waals surface area contributed by atoms with Gasteiger partial charge in [0.1, 0.15) is 10.6 Å². The van der Waals surface area contributed by atoms with Gasteiger partial charge in [-0.2, -0.15) is 4.31 Å². The summed E-state index contributed by atoms with van der Waals surface area (Å²) in [6.45, 7) is 6.45. The Bertz CT molecular complexity index is 943. The van der Waals surface area contributed by atoms with Gasteiger partial charge in [-0.05, 0) is 49.4 Å². The summed E-state index contributed by atoms with van der Waals surface area (Å²) >= 11 is 0. The molecule has 0 fully saturated rings. The second-order valence-corrected chi connectivity index (χ2v) is 9.97. The van der Waals surface area contributed by atoms with Gasteiger partial charge in [0.05, 0.1) is 7.11 Å². The number of benzene rings is 2. The van der Waals surface area contributed by atoms with Crippen molar-refractivity contribution in [3.05, 3.63) is 59.7 Å². The Balaban J connectivity index is 2.25. The van der Waals surface area contributed by atoms with E-state index < -0.39 is 10.0 Å². The second kappa shape index (κ2) is 10.6. The average molecular weight is 433 g/mol. The first-order valence-corrected chi connectivity index (χ1v) is 11.6. The molecule has 0 aliphatic carbocycles. The molecule has 0 bridgehead atoms. The first-order chi connectivity index (χ1) is 14.1. The van der Waals surface area contributed by atoms with Crippen molar-refractivity contribution in [3.63, 3.8) is 0 Å². The van der Waals surface area contributed by atoms with E-state index in [0.717, 1.165) is 18.4 Å². The van der Waals surface area contributed by atoms with Crippen LogP contribution in [0.1, 0.15) is 49.5 Å². The van der Waals surface area contributed by atoms with Gasteiger partial charge in [-0.3, -0.25) is 4.79 Å². The molecule has 0 spiro atoms. The van der Waals surface area contributed by atoms with Gasteiger partial charge in [0, 0.05) is 25.2 Å². The number of hydrogen-bond acceptors (Lipinski definition) is 4. The third-order valence-corrected chi connectivity index (χ3v) is 6.74. The molecule has 0 aliphatic rings. The van der Waals surface area contributed by atoms with E-state index in [2.05, 4.69) is 19.2 Å². The number of amides is 1. The summed E-state index contributed by atoms with van der Waals surface area (Å²) in [6.07, 6.45) is 1.87. The lowest BCUT2D eigenvalue weighted by Gasteiger charge is -2.20. The minimum absolute atomic E-state index is 0.00260. The third-order valence-electron chi connectivity index (χ3n) is 4.92. The fourth-order valence-corrected chi connectivity index (χ4v) is 4.41. The van der Waals surface area contributed by atoms with Gasteiger partial charge in [-0.1, -0.05) is 44.2 Å². The standard InChI is InChI=1S/C23H32N2O4S/c1-17(2)11-12-18(3)24-23(26)20-13-14-21(29-5)22(15-20)30(27,28)25(4)16-19-9-7-6-8-10-19/h6-10,13-15,17-18H,11-12,16H2,1-5H3,(H,24,26). The van der Waals surface area contributed by atoms with Gasteiger partial charge in [0.25, 0.3) is 5.91 Å². The maximum Gasteiger partial charge on any atom is 0.251 e. The molecule has 0 saturated carbocycles. The summed E-state index contributed by atoms with van der Waals surface area (Å²) in [4.78, 5) is 12.7. The first-order valence-electron chi connectivity index (χ1n) is 10.1. The van der Waals surface area contributed by atoms with Crippen LogP contribution in [0.3, 0.4) is 0 Å². The van der Waals surface area contributed by atoms with Crippen LogP contribution >= 0.6 is 0 Å². The molecule has 0 aromatic heterocycles. The van der Waals surface area contributed by atoms with E-state index in [4.69, 9.17) is 4.74 Å². The number of nitrogens with one attached hydrogen (secondary N) is 1. The zero-order valence-corrected chi connectivity index (χ0v) is 19.2. The summed E-state index contributed by atoms with van der Waals surface area (Å²) < 4.78 is 32.9. The number of sulfonamides is 1. The highest BCUT2D eigenvalue weighted by Crippen LogP contribution is 2.28. The monoisotopic (exact) mass is 432 g/mol. The van der Waals surface area contributed by atoms with Gasteiger partial charge >= 0.3 is 0 Å². The van der Waals surface area contributed by atoms with E-state index in [1.807, 2.05) is 37.3 Å². The van der Waals surface area contributed by atoms with Gasteiger partial charge in [0.15, 0.2) is 0 Å². The Labute approximate surface area is 180 Å². The van der Waals surface area contributed by atoms with E-state index in [1.165, 1.54) is 30.6 Å². The van der Waals surface area contributed by atoms with Crippen molar-refractivity contribution in [2.45, 2.75) is 51.1 Å². The molecule has 1 amide bonds. The van der Waals surface area contributed by atoms with Crippen LogP contribution in [0.2, 0.25) is 0 Å². The fourth-order valence-electron chi connectivity index (χ4n) is 3.08. The zero-order chi connectivity index (χ0) is 22.3. The summed E-state index contributed by atoms with van der Waals surface area (Å²) in [6, 6.07) is 13.8. The van der Waals surface area contributed by atoms with E-state index in [-0.39, 0.29) is 29.1 Å². The van der Waals surface area contributed by atoms with Crippen LogP contribution in [-0.2, 0) is 16.6 Å². The Hall–Kier alpha value is -2.38. The molecule has 30 heavy (non-hydrogen) atoms. The minimum Gasteiger partial charge on any atom is -0.495 e. The van der Waals surface area contributed by atoms with Gasteiger partial charge in [-0.15, -0.1) is 0 Å². The molecular formula is C23H32N2O4S. The maximum atomic E-state index is 13.2. The number of ether oxygens (including phenoxy) is 1. The SMILES string of the molecule is COc1ccc(C(=O)NC(C)CCC(C)C)cc1S(=O)(=O)N(C)Cc1ccccc1. The lowest BCUT2D eigenvalue weighted by molar-refractivity contribution is 0.0937. The molecule has 0 saturated heterocycles. The number of methoxy groups -OCH3 is 1. The minimum atomic E-state index is -3.86. The zero-order valence-electron chi connectivity index (χ0n) is 18.4. The normalized spacial score (nSPS) is 12.8. The first kappa shape index (κ1) is 23.9. The number of nitrogens with zero attached hydrogens (tertiary/aromatic N) is 1. The third kappa shape index (κ3) is 6.31. The Morgan fingerprint density at radius 3 is 2.33 bits per heavy atom. The number of carbonyl (C=O) groups is 1. The smallest absolute Gasteiger partial charge is 0.251 e. The topological polar surface area (TPSA) is 75.7 Å². The molecular weight excluding hydrogens is 400 g/mol. The molecule has 0 radical (unpaired) electrons. The van der Waals surface area contributed by atoms with Crippen molar-refractivity contribution < 1.29 is 17.9 Å². The van der Waals surface area contributed by atoms with Crippen LogP contribution in [0, 0.1) is 5.92 Å². The summed E-state index contributed by atoms with van der Waals surface area (Å²) in [7, 11) is -0.925. The molecule has 1 N–H and O–H groups in total. The lowest BCUT2D eigenvalue weighted by Crippen LogP contribution is -2.33. The predicted molar refractivity (Wildman–Crippen MR) is 119 cm³/mol. The van der Waals surface area contributed by atoms with Crippen molar-refractivity contribution in [3.8, 4) is 5.75 Å². The Morgan fingerprint density at radius 2 is 1.73 bits per heavy atom. The molecule has 164 valence electrons. The van der Waals surface area contributed by atoms with E-state index in [9.17, 15) is 13.2 Å². The van der Waals surface area contributed by atoms with Crippen molar-refractivity contribution in [1.82, 2.24) is 9.62 Å². The molecule has 1 atom stereocenters. The maximum absolute atomic E-state index is 13.2. The van der Waals surface area contributed by atoms with E-state index in [1.54, 1.807) is 6.07 Å². The summed E-state index contributed by atoms with van der Waals surface area (Å²) in [5.74, 6) is 0.470. The van der Waals surface area contributed by atoms with Crippen molar-refractivity contribution in [1.29, 1.82) is 0 Å². The summed E-state index contributed by atoms with van der Waals surface area (Å²) in [5.41, 5.74) is 1.16. The number of rotatable bonds is 10. The molecule has 2 aromatic rings. The highest BCUT2D eigenvalue weighted by atomic mass is 32.2. The second-order valence-electron chi connectivity index (χ2n) is 7.96. The molecule has 0 heterocycles. The predicted octanol–water partition coefficient (Wildman–Crippen LogP) is 4.07. The highest BCUT2D eigenvalue weighted by molar-refractivity contribution is 7.89. The fraction of sp³-hybridized carbons (Fsp3) is 0.435. The van der Waals surface area contributed by atoms with Crippen LogP contribution in [-0.4, -0.2) is 38.8 Å². The van der Waals surface area contributed by atoms with E-state index in [0.29, 0.717) is 11.5 Å². The lowest BCUT2D eigenvalue weighted by atomic mass is 10.0. The Kier molecular flexibility index (Phi) is 8.43. The summed E-state index contributed by atoms with van der Waals surface area (Å²) in [5, 5.41) is 2.95. The van der Waals surface area contributed by atoms with E-state index >= 15 is 0 Å². The van der Waals surface area contributed by atoms with Crippen LogP contribution in [0.4, 0.5) is 0 Å². The molecule has 0 aliphatic heterocycles. The molecule has 7 heteroatoms. The molecule has 1 unspecified atom stereocenters. The van der Waals surface area contributed by atoms with Gasteiger partial charge in [-0.25, -0.2) is 8.42 Å². The number of hydrogen-bond donors (Lipinski definition) is 1. The largest absolute Gasteiger partial charge is 0.495 e. The van der Waals surface area contributed by atoms with Crippen molar-refractivity contribution >= 4 is 15.9 Å². The highest BCUT2D eigenvalue weighted by Gasteiger charge is 2.26. The molecule has 2 rings (SSSR count). The van der Waals surface area contributed by atoms with Crippen LogP contribution in [0.5, 0.6) is 5.75 Å². The molecule has 2 aromatic carbocycles. The van der Waals surface area contributed by atoms with Gasteiger partial charge < -0.3 is 10.1 Å². The van der Waals surface area contributed by atoms with Crippen molar-refractivity contribution in [2.24, 2.45) is 5.92 Å². The number of carbonyl (C=O) groups excluding carboxylic acids is 1. The van der Waals surface area contributed by atoms with Crippen LogP contribution in [0.25, 0.3) is 0 Å². The van der Waals surface area contributed by atoms with Crippen LogP contribution < -0.4 is 10.1 Å². The quantitative estimate of drug-likeness (QED) is 0.614. The van der Waals surface area contributed by atoms with Gasteiger partial charge in [0.2, 0.25) is 10.0 Å². The Morgan fingerprint density at radius 1 is 1.07 bits per heavy atom.